The molecule has 0 bridgehead atoms. The summed E-state index contributed by atoms with van der Waals surface area (Å²) in [5.41, 5.74) is -1.02. The van der Waals surface area contributed by atoms with Crippen LogP contribution in [0.4, 0.5) is 8.78 Å². The second-order valence-corrected chi connectivity index (χ2v) is 8.82. The van der Waals surface area contributed by atoms with Gasteiger partial charge in [0, 0.05) is 23.9 Å². The lowest BCUT2D eigenvalue weighted by atomic mass is 9.86. The normalized spacial score (nSPS) is 20.0. The molecule has 0 saturated carbocycles. The number of hydrogen-bond donors (Lipinski definition) is 1. The van der Waals surface area contributed by atoms with Crippen molar-refractivity contribution in [1.29, 1.82) is 0 Å². The lowest BCUT2D eigenvalue weighted by Gasteiger charge is -2.35. The number of halogens is 3. The number of hydrazone groups is 1. The number of carbonyl (C=O) groups excluding carboxylic acids is 1. The Bertz CT molecular complexity index is 945. The van der Waals surface area contributed by atoms with Gasteiger partial charge >= 0.3 is 0 Å². The molecule has 1 N–H and O–H groups in total. The molecule has 7 heteroatoms. The number of amides is 1. The van der Waals surface area contributed by atoms with Gasteiger partial charge in [-0.25, -0.2) is 8.78 Å². The molecule has 0 radical (unpaired) electrons. The summed E-state index contributed by atoms with van der Waals surface area (Å²) in [5.74, 6) is -4.38. The Morgan fingerprint density at radius 3 is 2.10 bits per heavy atom. The minimum Gasteiger partial charge on any atom is -0.364 e. The summed E-state index contributed by atoms with van der Waals surface area (Å²) in [4.78, 5) is 13.0. The first-order valence-corrected chi connectivity index (χ1v) is 9.59. The maximum Gasteiger partial charge on any atom is 0.294 e. The quantitative estimate of drug-likeness (QED) is 0.739. The number of nitrogens with zero attached hydrogens (tertiary/aromatic N) is 2. The van der Waals surface area contributed by atoms with Crippen LogP contribution in [0.25, 0.3) is 0 Å². The summed E-state index contributed by atoms with van der Waals surface area (Å²) in [6, 6.07) is 13.1. The molecule has 2 aromatic rings. The third kappa shape index (κ3) is 4.05. The van der Waals surface area contributed by atoms with Gasteiger partial charge in [0.1, 0.15) is 0 Å². The van der Waals surface area contributed by atoms with E-state index in [1.54, 1.807) is 48.5 Å². The van der Waals surface area contributed by atoms with Gasteiger partial charge in [0.2, 0.25) is 5.72 Å². The van der Waals surface area contributed by atoms with E-state index in [1.807, 2.05) is 20.8 Å². The number of carbonyl (C=O) groups is 1. The van der Waals surface area contributed by atoms with Crippen LogP contribution >= 0.6 is 11.6 Å². The Kier molecular flexibility index (Phi) is 5.30. The van der Waals surface area contributed by atoms with Crippen LogP contribution in [0.1, 0.15) is 55.6 Å². The van der Waals surface area contributed by atoms with Crippen molar-refractivity contribution in [3.05, 3.63) is 70.2 Å². The third-order valence-electron chi connectivity index (χ3n) is 5.06. The fourth-order valence-corrected chi connectivity index (χ4v) is 3.26. The van der Waals surface area contributed by atoms with Gasteiger partial charge < -0.3 is 5.11 Å². The van der Waals surface area contributed by atoms with E-state index in [4.69, 9.17) is 11.6 Å². The first-order valence-electron chi connectivity index (χ1n) is 9.22. The van der Waals surface area contributed by atoms with E-state index < -0.39 is 24.0 Å². The van der Waals surface area contributed by atoms with Crippen LogP contribution in [0, 0.1) is 0 Å². The maximum atomic E-state index is 14.4. The number of benzene rings is 2. The smallest absolute Gasteiger partial charge is 0.294 e. The van der Waals surface area contributed by atoms with Crippen LogP contribution in [-0.2, 0) is 5.41 Å². The first kappa shape index (κ1) is 21.4. The second-order valence-electron chi connectivity index (χ2n) is 8.38. The Morgan fingerprint density at radius 2 is 1.62 bits per heavy atom. The van der Waals surface area contributed by atoms with Crippen molar-refractivity contribution in [2.75, 3.05) is 0 Å². The highest BCUT2D eigenvalue weighted by molar-refractivity contribution is 6.30. The molecule has 0 aliphatic carbocycles. The standard InChI is InChI=1S/C22H23ClF2N2O2/c1-20(2,3)16-9-5-15(6-10-16)19(28)27-22(29,21(4,24)25)13-18(26-27)14-7-11-17(23)12-8-14/h5-12,29H,13H2,1-4H3/t22-/m0/s1. The monoisotopic (exact) mass is 420 g/mol. The molecule has 1 aliphatic rings. The summed E-state index contributed by atoms with van der Waals surface area (Å²) in [7, 11) is 0. The Labute approximate surface area is 173 Å². The van der Waals surface area contributed by atoms with Crippen molar-refractivity contribution in [1.82, 2.24) is 5.01 Å². The highest BCUT2D eigenvalue weighted by Gasteiger charge is 2.59. The van der Waals surface area contributed by atoms with E-state index in [0.717, 1.165) is 5.56 Å². The van der Waals surface area contributed by atoms with Gasteiger partial charge in [-0.05, 0) is 40.8 Å². The molecule has 0 aromatic heterocycles. The number of aliphatic hydroxyl groups is 1. The zero-order valence-electron chi connectivity index (χ0n) is 16.7. The average Bonchev–Trinajstić information content (AvgIpc) is 3.00. The number of rotatable bonds is 3. The Balaban J connectivity index is 2.00. The van der Waals surface area contributed by atoms with E-state index in [2.05, 4.69) is 5.10 Å². The molecule has 1 atom stereocenters. The van der Waals surface area contributed by atoms with E-state index in [-0.39, 0.29) is 16.7 Å². The molecule has 1 heterocycles. The van der Waals surface area contributed by atoms with Gasteiger partial charge in [-0.1, -0.05) is 56.6 Å². The molecular weight excluding hydrogens is 398 g/mol. The number of alkyl halides is 2. The fourth-order valence-electron chi connectivity index (χ4n) is 3.14. The molecule has 0 spiro atoms. The van der Waals surface area contributed by atoms with Gasteiger partial charge in [0.25, 0.3) is 11.8 Å². The predicted molar refractivity (Wildman–Crippen MR) is 109 cm³/mol. The zero-order valence-corrected chi connectivity index (χ0v) is 17.5. The van der Waals surface area contributed by atoms with E-state index in [9.17, 15) is 18.7 Å². The van der Waals surface area contributed by atoms with E-state index in [1.165, 1.54) is 0 Å². The first-order chi connectivity index (χ1) is 13.3. The molecule has 29 heavy (non-hydrogen) atoms. The van der Waals surface area contributed by atoms with E-state index >= 15 is 0 Å². The summed E-state index contributed by atoms with van der Waals surface area (Å²) < 4.78 is 28.7. The van der Waals surface area contributed by atoms with Crippen LogP contribution in [-0.4, -0.2) is 33.4 Å². The fraction of sp³-hybridized carbons (Fsp3) is 0.364. The molecule has 1 amide bonds. The molecule has 1 aliphatic heterocycles. The van der Waals surface area contributed by atoms with Crippen LogP contribution in [0.5, 0.6) is 0 Å². The molecule has 4 nitrogen and oxygen atoms in total. The summed E-state index contributed by atoms with van der Waals surface area (Å²) in [6.45, 7) is 6.67. The second kappa shape index (κ2) is 7.18. The van der Waals surface area contributed by atoms with Crippen molar-refractivity contribution >= 4 is 23.2 Å². The van der Waals surface area contributed by atoms with E-state index in [0.29, 0.717) is 22.5 Å². The highest BCUT2D eigenvalue weighted by atomic mass is 35.5. The van der Waals surface area contributed by atoms with Gasteiger partial charge in [-0.2, -0.15) is 10.1 Å². The molecule has 3 rings (SSSR count). The number of hydrogen-bond acceptors (Lipinski definition) is 3. The molecule has 154 valence electrons. The largest absolute Gasteiger partial charge is 0.364 e. The summed E-state index contributed by atoms with van der Waals surface area (Å²) >= 11 is 5.88. The minimum atomic E-state index is -3.59. The van der Waals surface area contributed by atoms with Gasteiger partial charge in [0.15, 0.2) is 0 Å². The van der Waals surface area contributed by atoms with Crippen LogP contribution in [0.3, 0.4) is 0 Å². The zero-order chi connectivity index (χ0) is 21.6. The molecule has 0 fully saturated rings. The highest BCUT2D eigenvalue weighted by Crippen LogP contribution is 2.41. The topological polar surface area (TPSA) is 52.9 Å². The van der Waals surface area contributed by atoms with Crippen molar-refractivity contribution in [2.45, 2.75) is 51.2 Å². The summed E-state index contributed by atoms with van der Waals surface area (Å²) in [6.07, 6.45) is -0.496. The lowest BCUT2D eigenvalue weighted by Crippen LogP contribution is -2.57. The van der Waals surface area contributed by atoms with Crippen LogP contribution in [0.15, 0.2) is 53.6 Å². The predicted octanol–water partition coefficient (Wildman–Crippen LogP) is 5.23. The molecule has 2 aromatic carbocycles. The minimum absolute atomic E-state index is 0.119. The van der Waals surface area contributed by atoms with Crippen LogP contribution < -0.4 is 0 Å². The van der Waals surface area contributed by atoms with Crippen molar-refractivity contribution in [2.24, 2.45) is 5.10 Å². The molecular formula is C22H23ClF2N2O2. The van der Waals surface area contributed by atoms with Gasteiger partial charge in [-0.3, -0.25) is 4.79 Å². The average molecular weight is 421 g/mol. The van der Waals surface area contributed by atoms with Gasteiger partial charge in [0.05, 0.1) is 5.71 Å². The SMILES string of the molecule is CC(C)(C)c1ccc(C(=O)N2N=C(c3ccc(Cl)cc3)C[C@]2(O)C(C)(F)F)cc1. The molecule has 0 unspecified atom stereocenters. The summed E-state index contributed by atoms with van der Waals surface area (Å²) in [5, 5.41) is 15.9. The van der Waals surface area contributed by atoms with Crippen molar-refractivity contribution in [3.63, 3.8) is 0 Å². The van der Waals surface area contributed by atoms with Crippen LogP contribution in [0.2, 0.25) is 5.02 Å². The maximum absolute atomic E-state index is 14.4. The van der Waals surface area contributed by atoms with Crippen molar-refractivity contribution < 1.29 is 18.7 Å². The third-order valence-corrected chi connectivity index (χ3v) is 5.31. The van der Waals surface area contributed by atoms with Crippen molar-refractivity contribution in [3.8, 4) is 0 Å². The Morgan fingerprint density at radius 1 is 1.07 bits per heavy atom. The molecule has 0 saturated heterocycles. The lowest BCUT2D eigenvalue weighted by molar-refractivity contribution is -0.222. The van der Waals surface area contributed by atoms with Gasteiger partial charge in [-0.15, -0.1) is 0 Å². The Hall–Kier alpha value is -2.31.